The number of nitrogens with one attached hydrogen (secondary N) is 1. The van der Waals surface area contributed by atoms with Crippen LogP contribution in [0.4, 0.5) is 5.13 Å². The number of hydrogen-bond acceptors (Lipinski definition) is 6. The van der Waals surface area contributed by atoms with Gasteiger partial charge in [-0.1, -0.05) is 19.1 Å². The molecule has 1 aromatic carbocycles. The van der Waals surface area contributed by atoms with Crippen LogP contribution in [0, 0.1) is 0 Å². The van der Waals surface area contributed by atoms with E-state index in [0.29, 0.717) is 16.0 Å². The summed E-state index contributed by atoms with van der Waals surface area (Å²) >= 11 is 1.48. The molecule has 4 rings (SSSR count). The van der Waals surface area contributed by atoms with Gasteiger partial charge in [0.2, 0.25) is 5.91 Å². The predicted molar refractivity (Wildman–Crippen MR) is 114 cm³/mol. The molecule has 0 saturated carbocycles. The summed E-state index contributed by atoms with van der Waals surface area (Å²) in [5.74, 6) is -0.336. The molecule has 1 amide bonds. The molecule has 152 valence electrons. The molecule has 0 spiro atoms. The topological polar surface area (TPSA) is 89.2 Å². The molecule has 3 aromatic rings. The highest BCUT2D eigenvalue weighted by atomic mass is 32.1. The van der Waals surface area contributed by atoms with E-state index in [2.05, 4.69) is 22.1 Å². The van der Waals surface area contributed by atoms with Gasteiger partial charge in [-0.15, -0.1) is 11.3 Å². The SMILES string of the molecule is CCN1CCc2nc(NC(=O)Cn3c(=O)n(CC)c(=O)c4ccccc43)sc2C1. The molecule has 1 aliphatic heterocycles. The summed E-state index contributed by atoms with van der Waals surface area (Å²) in [4.78, 5) is 46.0. The van der Waals surface area contributed by atoms with E-state index in [4.69, 9.17) is 0 Å². The zero-order valence-corrected chi connectivity index (χ0v) is 17.3. The Morgan fingerprint density at radius 2 is 1.97 bits per heavy atom. The lowest BCUT2D eigenvalue weighted by Crippen LogP contribution is -2.41. The van der Waals surface area contributed by atoms with Gasteiger partial charge in [0.1, 0.15) is 6.54 Å². The van der Waals surface area contributed by atoms with Gasteiger partial charge in [0, 0.05) is 30.9 Å². The summed E-state index contributed by atoms with van der Waals surface area (Å²) in [5, 5.41) is 3.80. The fourth-order valence-corrected chi connectivity index (χ4v) is 4.74. The Kier molecular flexibility index (Phi) is 5.33. The molecular weight excluding hydrogens is 390 g/mol. The molecule has 1 N–H and O–H groups in total. The molecule has 9 heteroatoms. The molecule has 0 fully saturated rings. The highest BCUT2D eigenvalue weighted by molar-refractivity contribution is 7.15. The maximum absolute atomic E-state index is 12.8. The van der Waals surface area contributed by atoms with Crippen LogP contribution in [-0.2, 0) is 30.8 Å². The fraction of sp³-hybridized carbons (Fsp3) is 0.400. The molecule has 8 nitrogen and oxygen atoms in total. The molecule has 0 bridgehead atoms. The molecule has 0 radical (unpaired) electrons. The van der Waals surface area contributed by atoms with Gasteiger partial charge in [-0.3, -0.25) is 23.6 Å². The van der Waals surface area contributed by atoms with Crippen LogP contribution in [0.2, 0.25) is 0 Å². The minimum Gasteiger partial charge on any atom is -0.300 e. The van der Waals surface area contributed by atoms with Crippen LogP contribution in [0.25, 0.3) is 10.9 Å². The van der Waals surface area contributed by atoms with Crippen molar-refractivity contribution in [1.29, 1.82) is 0 Å². The Bertz CT molecular complexity index is 1190. The summed E-state index contributed by atoms with van der Waals surface area (Å²) in [7, 11) is 0. The van der Waals surface area contributed by atoms with Crippen molar-refractivity contribution in [2.75, 3.05) is 18.4 Å². The van der Waals surface area contributed by atoms with Crippen molar-refractivity contribution >= 4 is 33.3 Å². The number of carbonyl (C=O) groups is 1. The number of carbonyl (C=O) groups excluding carboxylic acids is 1. The number of likely N-dealkylation sites (N-methyl/N-ethyl adjacent to an activating group) is 1. The number of nitrogens with zero attached hydrogens (tertiary/aromatic N) is 4. The third-order valence-electron chi connectivity index (χ3n) is 5.25. The monoisotopic (exact) mass is 413 g/mol. The fourth-order valence-electron chi connectivity index (χ4n) is 3.68. The molecule has 1 aliphatic rings. The van der Waals surface area contributed by atoms with E-state index in [-0.39, 0.29) is 24.6 Å². The van der Waals surface area contributed by atoms with Crippen molar-refractivity contribution in [1.82, 2.24) is 19.0 Å². The third-order valence-corrected chi connectivity index (χ3v) is 6.25. The van der Waals surface area contributed by atoms with Crippen molar-refractivity contribution in [2.45, 2.75) is 39.9 Å². The molecule has 0 atom stereocenters. The summed E-state index contributed by atoms with van der Waals surface area (Å²) in [6.45, 7) is 6.75. The number of para-hydroxylation sites is 1. The second-order valence-corrected chi connectivity index (χ2v) is 8.07. The van der Waals surface area contributed by atoms with E-state index < -0.39 is 5.69 Å². The standard InChI is InChI=1S/C20H23N5O3S/c1-3-23-10-9-14-16(11-23)29-19(21-14)22-17(26)12-25-15-8-6-5-7-13(15)18(27)24(4-2)20(25)28/h5-8H,3-4,9-12H2,1-2H3,(H,21,22,26). The molecular formula is C20H23N5O3S. The summed E-state index contributed by atoms with van der Waals surface area (Å²) in [6.07, 6.45) is 0.876. The average molecular weight is 414 g/mol. The van der Waals surface area contributed by atoms with Crippen LogP contribution in [0.3, 0.4) is 0 Å². The second-order valence-electron chi connectivity index (χ2n) is 6.99. The molecule has 29 heavy (non-hydrogen) atoms. The lowest BCUT2D eigenvalue weighted by molar-refractivity contribution is -0.116. The van der Waals surface area contributed by atoms with Crippen molar-refractivity contribution in [3.05, 3.63) is 55.7 Å². The van der Waals surface area contributed by atoms with Gasteiger partial charge in [-0.25, -0.2) is 9.78 Å². The molecule has 0 aliphatic carbocycles. The first-order valence-corrected chi connectivity index (χ1v) is 10.6. The number of anilines is 1. The highest BCUT2D eigenvalue weighted by Gasteiger charge is 2.21. The van der Waals surface area contributed by atoms with E-state index in [1.807, 2.05) is 0 Å². The second kappa shape index (κ2) is 7.92. The van der Waals surface area contributed by atoms with Crippen LogP contribution >= 0.6 is 11.3 Å². The first-order valence-electron chi connectivity index (χ1n) is 9.75. The normalized spacial score (nSPS) is 14.1. The summed E-state index contributed by atoms with van der Waals surface area (Å²) in [6, 6.07) is 6.86. The van der Waals surface area contributed by atoms with Crippen molar-refractivity contribution in [3.8, 4) is 0 Å². The van der Waals surface area contributed by atoms with Crippen LogP contribution < -0.4 is 16.6 Å². The Balaban J connectivity index is 1.61. The zero-order valence-electron chi connectivity index (χ0n) is 16.5. The van der Waals surface area contributed by atoms with Gasteiger partial charge in [-0.05, 0) is 25.6 Å². The van der Waals surface area contributed by atoms with Gasteiger partial charge in [0.15, 0.2) is 5.13 Å². The number of benzene rings is 1. The number of aromatic nitrogens is 3. The first-order chi connectivity index (χ1) is 14.0. The number of hydrogen-bond donors (Lipinski definition) is 1. The maximum atomic E-state index is 12.8. The third kappa shape index (κ3) is 3.63. The van der Waals surface area contributed by atoms with Crippen LogP contribution in [0.15, 0.2) is 33.9 Å². The van der Waals surface area contributed by atoms with E-state index in [1.54, 1.807) is 31.2 Å². The van der Waals surface area contributed by atoms with Gasteiger partial charge in [0.25, 0.3) is 5.56 Å². The lowest BCUT2D eigenvalue weighted by atomic mass is 10.2. The van der Waals surface area contributed by atoms with Crippen LogP contribution in [0.5, 0.6) is 0 Å². The Labute approximate surface area is 171 Å². The quantitative estimate of drug-likeness (QED) is 0.687. The van der Waals surface area contributed by atoms with E-state index in [0.717, 1.165) is 36.3 Å². The van der Waals surface area contributed by atoms with Crippen LogP contribution in [-0.4, -0.2) is 38.0 Å². The summed E-state index contributed by atoms with van der Waals surface area (Å²) in [5.41, 5.74) is 0.678. The minimum atomic E-state index is -0.483. The van der Waals surface area contributed by atoms with Crippen molar-refractivity contribution in [3.63, 3.8) is 0 Å². The molecule has 2 aromatic heterocycles. The number of rotatable bonds is 5. The van der Waals surface area contributed by atoms with Crippen molar-refractivity contribution in [2.24, 2.45) is 0 Å². The van der Waals surface area contributed by atoms with Crippen LogP contribution in [0.1, 0.15) is 24.4 Å². The highest BCUT2D eigenvalue weighted by Crippen LogP contribution is 2.28. The molecule has 3 heterocycles. The largest absolute Gasteiger partial charge is 0.331 e. The maximum Gasteiger partial charge on any atom is 0.331 e. The number of amides is 1. The minimum absolute atomic E-state index is 0.176. The summed E-state index contributed by atoms with van der Waals surface area (Å²) < 4.78 is 2.50. The van der Waals surface area contributed by atoms with Crippen molar-refractivity contribution < 1.29 is 4.79 Å². The zero-order chi connectivity index (χ0) is 20.5. The first kappa shape index (κ1) is 19.5. The van der Waals surface area contributed by atoms with E-state index in [1.165, 1.54) is 20.8 Å². The van der Waals surface area contributed by atoms with E-state index >= 15 is 0 Å². The van der Waals surface area contributed by atoms with E-state index in [9.17, 15) is 14.4 Å². The van der Waals surface area contributed by atoms with Gasteiger partial charge < -0.3 is 5.32 Å². The number of thiazole rings is 1. The van der Waals surface area contributed by atoms with Gasteiger partial charge in [-0.2, -0.15) is 0 Å². The number of fused-ring (bicyclic) bond motifs is 2. The Morgan fingerprint density at radius 1 is 1.17 bits per heavy atom. The molecule has 0 saturated heterocycles. The van der Waals surface area contributed by atoms with Gasteiger partial charge >= 0.3 is 5.69 Å². The molecule has 0 unspecified atom stereocenters. The predicted octanol–water partition coefficient (Wildman–Crippen LogP) is 1.66. The Hall–Kier alpha value is -2.78. The Morgan fingerprint density at radius 3 is 2.72 bits per heavy atom. The lowest BCUT2D eigenvalue weighted by Gasteiger charge is -2.23. The van der Waals surface area contributed by atoms with Gasteiger partial charge in [0.05, 0.1) is 16.6 Å². The average Bonchev–Trinajstić information content (AvgIpc) is 3.12. The smallest absolute Gasteiger partial charge is 0.300 e.